The highest BCUT2D eigenvalue weighted by Crippen LogP contribution is 2.32. The van der Waals surface area contributed by atoms with Gasteiger partial charge >= 0.3 is 12.1 Å². The van der Waals surface area contributed by atoms with Crippen LogP contribution in [0.2, 0.25) is 0 Å². The predicted molar refractivity (Wildman–Crippen MR) is 78.5 cm³/mol. The molecular weight excluding hydrogens is 270 g/mol. The third-order valence-electron chi connectivity index (χ3n) is 3.41. The molecule has 1 unspecified atom stereocenters. The van der Waals surface area contributed by atoms with Crippen LogP contribution in [-0.4, -0.2) is 22.8 Å². The Bertz CT molecular complexity index is 560. The number of carboxylic acid groups (broad SMARTS) is 1. The summed E-state index contributed by atoms with van der Waals surface area (Å²) >= 11 is 0. The summed E-state index contributed by atoms with van der Waals surface area (Å²) in [6, 6.07) is 4.94. The standard InChI is InChI=1S/C16H21NO4/c1-16(2,3)21-15(20)17-12-9-5-7-10-6-4-8-11(13(10)12)14(18)19/h4,6,8,12H,5,7,9H2,1-3H3,(H,17,20)(H,18,19). The number of carboxylic acids is 1. The average Bonchev–Trinajstić information content (AvgIpc) is 2.35. The highest BCUT2D eigenvalue weighted by Gasteiger charge is 2.28. The molecule has 1 aromatic rings. The molecule has 0 aliphatic heterocycles. The molecule has 2 N–H and O–H groups in total. The lowest BCUT2D eigenvalue weighted by Crippen LogP contribution is -2.36. The number of amides is 1. The van der Waals surface area contributed by atoms with Gasteiger partial charge in [-0.3, -0.25) is 0 Å². The van der Waals surface area contributed by atoms with Crippen LogP contribution in [0.5, 0.6) is 0 Å². The van der Waals surface area contributed by atoms with Crippen LogP contribution in [0.1, 0.15) is 61.1 Å². The van der Waals surface area contributed by atoms with Gasteiger partial charge in [0.25, 0.3) is 0 Å². The third kappa shape index (κ3) is 3.74. The Morgan fingerprint density at radius 2 is 2.05 bits per heavy atom. The number of alkyl carbamates (subject to hydrolysis) is 1. The summed E-state index contributed by atoms with van der Waals surface area (Å²) in [5.74, 6) is -0.968. The van der Waals surface area contributed by atoms with Crippen LogP contribution in [0.15, 0.2) is 18.2 Å². The molecule has 0 spiro atoms. The van der Waals surface area contributed by atoms with Crippen LogP contribution < -0.4 is 5.32 Å². The molecule has 1 atom stereocenters. The number of rotatable bonds is 2. The van der Waals surface area contributed by atoms with Crippen molar-refractivity contribution < 1.29 is 19.4 Å². The van der Waals surface area contributed by atoms with E-state index < -0.39 is 17.7 Å². The van der Waals surface area contributed by atoms with Crippen molar-refractivity contribution in [3.63, 3.8) is 0 Å². The lowest BCUT2D eigenvalue weighted by molar-refractivity contribution is 0.0495. The van der Waals surface area contributed by atoms with Crippen LogP contribution in [0, 0.1) is 0 Å². The molecule has 1 aliphatic rings. The van der Waals surface area contributed by atoms with Gasteiger partial charge in [0.15, 0.2) is 0 Å². The van der Waals surface area contributed by atoms with E-state index in [-0.39, 0.29) is 11.6 Å². The van der Waals surface area contributed by atoms with Crippen molar-refractivity contribution in [1.29, 1.82) is 0 Å². The van der Waals surface area contributed by atoms with Crippen LogP contribution in [0.25, 0.3) is 0 Å². The maximum absolute atomic E-state index is 11.9. The van der Waals surface area contributed by atoms with Gasteiger partial charge in [-0.2, -0.15) is 0 Å². The van der Waals surface area contributed by atoms with E-state index in [1.807, 2.05) is 6.07 Å². The SMILES string of the molecule is CC(C)(C)OC(=O)NC1CCCc2cccc(C(=O)O)c21. The number of carbonyl (C=O) groups excluding carboxylic acids is 1. The number of nitrogens with one attached hydrogen (secondary N) is 1. The lowest BCUT2D eigenvalue weighted by Gasteiger charge is -2.29. The quantitative estimate of drug-likeness (QED) is 0.876. The Morgan fingerprint density at radius 1 is 1.33 bits per heavy atom. The Morgan fingerprint density at radius 3 is 2.67 bits per heavy atom. The van der Waals surface area contributed by atoms with E-state index in [1.165, 1.54) is 0 Å². The molecule has 0 heterocycles. The second kappa shape index (κ2) is 5.76. The monoisotopic (exact) mass is 291 g/mol. The summed E-state index contributed by atoms with van der Waals surface area (Å²) < 4.78 is 5.26. The first kappa shape index (κ1) is 15.4. The van der Waals surface area contributed by atoms with E-state index in [9.17, 15) is 14.7 Å². The zero-order chi connectivity index (χ0) is 15.6. The van der Waals surface area contributed by atoms with Gasteiger partial charge in [-0.15, -0.1) is 0 Å². The predicted octanol–water partition coefficient (Wildman–Crippen LogP) is 3.29. The Balaban J connectivity index is 2.25. The minimum Gasteiger partial charge on any atom is -0.478 e. The molecule has 114 valence electrons. The van der Waals surface area contributed by atoms with E-state index in [0.29, 0.717) is 5.56 Å². The zero-order valence-corrected chi connectivity index (χ0v) is 12.6. The van der Waals surface area contributed by atoms with Crippen molar-refractivity contribution >= 4 is 12.1 Å². The molecule has 0 fully saturated rings. The molecule has 0 radical (unpaired) electrons. The van der Waals surface area contributed by atoms with E-state index >= 15 is 0 Å². The largest absolute Gasteiger partial charge is 0.478 e. The second-order valence-electron chi connectivity index (χ2n) is 6.27. The maximum atomic E-state index is 11.9. The van der Waals surface area contributed by atoms with Crippen molar-refractivity contribution in [3.05, 3.63) is 34.9 Å². The van der Waals surface area contributed by atoms with Crippen LogP contribution >= 0.6 is 0 Å². The Labute approximate surface area is 124 Å². The third-order valence-corrected chi connectivity index (χ3v) is 3.41. The number of hydrogen-bond acceptors (Lipinski definition) is 3. The molecule has 0 bridgehead atoms. The van der Waals surface area contributed by atoms with Crippen molar-refractivity contribution in [2.75, 3.05) is 0 Å². The van der Waals surface area contributed by atoms with E-state index in [1.54, 1.807) is 32.9 Å². The summed E-state index contributed by atoms with van der Waals surface area (Å²) in [6.45, 7) is 5.39. The summed E-state index contributed by atoms with van der Waals surface area (Å²) in [6.07, 6.45) is 1.95. The fraction of sp³-hybridized carbons (Fsp3) is 0.500. The van der Waals surface area contributed by atoms with Crippen molar-refractivity contribution in [3.8, 4) is 0 Å². The molecule has 5 nitrogen and oxygen atoms in total. The van der Waals surface area contributed by atoms with Crippen molar-refractivity contribution in [2.45, 2.75) is 51.7 Å². The van der Waals surface area contributed by atoms with Gasteiger partial charge < -0.3 is 15.2 Å². The number of benzene rings is 1. The molecule has 1 aromatic carbocycles. The van der Waals surface area contributed by atoms with Gasteiger partial charge in [0.05, 0.1) is 11.6 Å². The molecular formula is C16H21NO4. The van der Waals surface area contributed by atoms with Crippen LogP contribution in [0.3, 0.4) is 0 Å². The molecule has 5 heteroatoms. The topological polar surface area (TPSA) is 75.6 Å². The normalized spacial score (nSPS) is 17.8. The number of fused-ring (bicyclic) bond motifs is 1. The fourth-order valence-electron chi connectivity index (χ4n) is 2.66. The first-order valence-corrected chi connectivity index (χ1v) is 7.12. The average molecular weight is 291 g/mol. The van der Waals surface area contributed by atoms with Gasteiger partial charge in [0.2, 0.25) is 0 Å². The highest BCUT2D eigenvalue weighted by molar-refractivity contribution is 5.90. The van der Waals surface area contributed by atoms with Gasteiger partial charge in [0, 0.05) is 0 Å². The van der Waals surface area contributed by atoms with Gasteiger partial charge in [-0.05, 0) is 57.2 Å². The molecule has 1 amide bonds. The lowest BCUT2D eigenvalue weighted by atomic mass is 9.84. The van der Waals surface area contributed by atoms with Crippen LogP contribution in [-0.2, 0) is 11.2 Å². The first-order valence-electron chi connectivity index (χ1n) is 7.12. The smallest absolute Gasteiger partial charge is 0.408 e. The molecule has 0 saturated heterocycles. The minimum atomic E-state index is -0.968. The van der Waals surface area contributed by atoms with Gasteiger partial charge in [-0.1, -0.05) is 12.1 Å². The molecule has 0 aromatic heterocycles. The van der Waals surface area contributed by atoms with Crippen molar-refractivity contribution in [2.24, 2.45) is 0 Å². The summed E-state index contributed by atoms with van der Waals surface area (Å²) in [4.78, 5) is 23.3. The van der Waals surface area contributed by atoms with E-state index in [2.05, 4.69) is 5.32 Å². The zero-order valence-electron chi connectivity index (χ0n) is 12.6. The van der Waals surface area contributed by atoms with Crippen LogP contribution in [0.4, 0.5) is 4.79 Å². The number of aromatic carboxylic acids is 1. The minimum absolute atomic E-state index is 0.258. The first-order chi connectivity index (χ1) is 9.78. The summed E-state index contributed by atoms with van der Waals surface area (Å²) in [7, 11) is 0. The van der Waals surface area contributed by atoms with Crippen molar-refractivity contribution in [1.82, 2.24) is 5.32 Å². The second-order valence-corrected chi connectivity index (χ2v) is 6.27. The number of aryl methyl sites for hydroxylation is 1. The molecule has 2 rings (SSSR count). The Kier molecular flexibility index (Phi) is 4.21. The van der Waals surface area contributed by atoms with Gasteiger partial charge in [-0.25, -0.2) is 9.59 Å². The van der Waals surface area contributed by atoms with Gasteiger partial charge in [0.1, 0.15) is 5.60 Å². The highest BCUT2D eigenvalue weighted by atomic mass is 16.6. The maximum Gasteiger partial charge on any atom is 0.408 e. The molecule has 1 aliphatic carbocycles. The summed E-state index contributed by atoms with van der Waals surface area (Å²) in [5.41, 5.74) is 1.38. The number of carbonyl (C=O) groups is 2. The Hall–Kier alpha value is -2.04. The van der Waals surface area contributed by atoms with E-state index in [0.717, 1.165) is 24.8 Å². The fourth-order valence-corrected chi connectivity index (χ4v) is 2.66. The number of ether oxygens (including phenoxy) is 1. The number of hydrogen-bond donors (Lipinski definition) is 2. The molecule has 0 saturated carbocycles. The summed E-state index contributed by atoms with van der Waals surface area (Å²) in [5, 5.41) is 12.1. The molecule has 21 heavy (non-hydrogen) atoms. The van der Waals surface area contributed by atoms with E-state index in [4.69, 9.17) is 4.74 Å².